The summed E-state index contributed by atoms with van der Waals surface area (Å²) in [5, 5.41) is 3.85. The molecular weight excluding hydrogens is 196 g/mol. The average molecular weight is 224 g/mol. The van der Waals surface area contributed by atoms with Crippen molar-refractivity contribution in [2.24, 2.45) is 11.8 Å². The molecule has 2 heteroatoms. The van der Waals surface area contributed by atoms with Crippen molar-refractivity contribution >= 4 is 0 Å². The molecule has 1 saturated heterocycles. The molecule has 3 unspecified atom stereocenters. The van der Waals surface area contributed by atoms with Crippen molar-refractivity contribution < 1.29 is 0 Å². The van der Waals surface area contributed by atoms with Crippen molar-refractivity contribution in [2.45, 2.75) is 58.0 Å². The van der Waals surface area contributed by atoms with Gasteiger partial charge in [0.15, 0.2) is 0 Å². The lowest BCUT2D eigenvalue weighted by Crippen LogP contribution is -2.41. The third-order valence-corrected chi connectivity index (χ3v) is 4.53. The Kier molecular flexibility index (Phi) is 4.26. The second kappa shape index (κ2) is 5.50. The summed E-state index contributed by atoms with van der Waals surface area (Å²) in [5.41, 5.74) is 0. The summed E-state index contributed by atoms with van der Waals surface area (Å²) in [4.78, 5) is 2.46. The summed E-state index contributed by atoms with van der Waals surface area (Å²) in [7, 11) is 2.24. The molecule has 1 aliphatic heterocycles. The number of nitrogens with one attached hydrogen (secondary N) is 1. The summed E-state index contributed by atoms with van der Waals surface area (Å²) < 4.78 is 0. The summed E-state index contributed by atoms with van der Waals surface area (Å²) in [6.45, 7) is 7.28. The average Bonchev–Trinajstić information content (AvgIpc) is 2.98. The van der Waals surface area contributed by atoms with Crippen LogP contribution in [0.4, 0.5) is 0 Å². The first-order valence-electron chi connectivity index (χ1n) is 7.15. The minimum absolute atomic E-state index is 0.737. The van der Waals surface area contributed by atoms with Crippen molar-refractivity contribution in [3.8, 4) is 0 Å². The van der Waals surface area contributed by atoms with Crippen molar-refractivity contribution in [3.05, 3.63) is 0 Å². The van der Waals surface area contributed by atoms with E-state index in [4.69, 9.17) is 0 Å². The highest BCUT2D eigenvalue weighted by Crippen LogP contribution is 2.35. The molecule has 0 aromatic heterocycles. The normalized spacial score (nSPS) is 33.9. The maximum absolute atomic E-state index is 3.85. The van der Waals surface area contributed by atoms with Crippen molar-refractivity contribution in [1.29, 1.82) is 0 Å². The first-order valence-corrected chi connectivity index (χ1v) is 7.15. The van der Waals surface area contributed by atoms with Crippen molar-refractivity contribution in [1.82, 2.24) is 10.2 Å². The lowest BCUT2D eigenvalue weighted by atomic mass is 9.90. The summed E-state index contributed by atoms with van der Waals surface area (Å²) in [5.74, 6) is 1.91. The highest BCUT2D eigenvalue weighted by Gasteiger charge is 2.37. The van der Waals surface area contributed by atoms with E-state index in [9.17, 15) is 0 Å². The van der Waals surface area contributed by atoms with Crippen molar-refractivity contribution in [3.63, 3.8) is 0 Å². The smallest absolute Gasteiger partial charge is 0.0102 e. The van der Waals surface area contributed by atoms with Gasteiger partial charge in [-0.3, -0.25) is 0 Å². The van der Waals surface area contributed by atoms with E-state index in [-0.39, 0.29) is 0 Å². The van der Waals surface area contributed by atoms with Gasteiger partial charge in [0.2, 0.25) is 0 Å². The molecule has 0 aromatic rings. The van der Waals surface area contributed by atoms with Gasteiger partial charge >= 0.3 is 0 Å². The zero-order valence-corrected chi connectivity index (χ0v) is 11.2. The van der Waals surface area contributed by atoms with Crippen molar-refractivity contribution in [2.75, 3.05) is 20.1 Å². The van der Waals surface area contributed by atoms with Gasteiger partial charge in [0.25, 0.3) is 0 Å². The Morgan fingerprint density at radius 1 is 1.31 bits per heavy atom. The van der Waals surface area contributed by atoms with Crippen LogP contribution in [-0.2, 0) is 0 Å². The van der Waals surface area contributed by atoms with Crippen LogP contribution in [0.2, 0.25) is 0 Å². The maximum Gasteiger partial charge on any atom is 0.0102 e. The third kappa shape index (κ3) is 3.21. The number of hydrogen-bond donors (Lipinski definition) is 1. The molecule has 2 rings (SSSR count). The number of likely N-dealkylation sites (tertiary alicyclic amines) is 1. The highest BCUT2D eigenvalue weighted by molar-refractivity contribution is 4.95. The van der Waals surface area contributed by atoms with Crippen LogP contribution >= 0.6 is 0 Å². The van der Waals surface area contributed by atoms with Gasteiger partial charge < -0.3 is 10.2 Å². The van der Waals surface area contributed by atoms with Crippen LogP contribution in [0.5, 0.6) is 0 Å². The minimum atomic E-state index is 0.737. The van der Waals surface area contributed by atoms with E-state index in [1.165, 1.54) is 45.2 Å². The summed E-state index contributed by atoms with van der Waals surface area (Å²) >= 11 is 0. The number of rotatable bonds is 5. The lowest BCUT2D eigenvalue weighted by molar-refractivity contribution is 0.188. The van der Waals surface area contributed by atoms with E-state index >= 15 is 0 Å². The molecule has 0 spiro atoms. The molecule has 0 bridgehead atoms. The van der Waals surface area contributed by atoms with Gasteiger partial charge in [-0.1, -0.05) is 13.3 Å². The van der Waals surface area contributed by atoms with Gasteiger partial charge in [-0.05, 0) is 64.6 Å². The van der Waals surface area contributed by atoms with E-state index in [2.05, 4.69) is 31.1 Å². The molecule has 3 atom stereocenters. The molecule has 1 aliphatic carbocycles. The first kappa shape index (κ1) is 12.4. The fourth-order valence-electron chi connectivity index (χ4n) is 3.14. The van der Waals surface area contributed by atoms with Gasteiger partial charge in [-0.2, -0.15) is 0 Å². The third-order valence-electron chi connectivity index (χ3n) is 4.53. The van der Waals surface area contributed by atoms with Crippen LogP contribution in [0.3, 0.4) is 0 Å². The molecule has 2 aliphatic rings. The Labute approximate surface area is 101 Å². The molecule has 0 aromatic carbocycles. The highest BCUT2D eigenvalue weighted by atomic mass is 15.1. The fraction of sp³-hybridized carbons (Fsp3) is 1.00. The predicted octanol–water partition coefficient (Wildman–Crippen LogP) is 2.49. The van der Waals surface area contributed by atoms with Gasteiger partial charge in [0, 0.05) is 12.1 Å². The zero-order valence-electron chi connectivity index (χ0n) is 11.2. The van der Waals surface area contributed by atoms with E-state index in [0.717, 1.165) is 23.9 Å². The molecule has 1 heterocycles. The molecule has 2 nitrogen and oxygen atoms in total. The monoisotopic (exact) mass is 224 g/mol. The van der Waals surface area contributed by atoms with Gasteiger partial charge in [-0.15, -0.1) is 0 Å². The minimum Gasteiger partial charge on any atom is -0.311 e. The molecule has 16 heavy (non-hydrogen) atoms. The Morgan fingerprint density at radius 2 is 2.00 bits per heavy atom. The Balaban J connectivity index is 1.66. The second-order valence-electron chi connectivity index (χ2n) is 5.99. The molecule has 1 saturated carbocycles. The van der Waals surface area contributed by atoms with Gasteiger partial charge in [0.05, 0.1) is 0 Å². The van der Waals surface area contributed by atoms with E-state index in [1.807, 2.05) is 0 Å². The SMILES string of the molecule is CCCC1CC1NC(C)C1CCN(C)CC1. The van der Waals surface area contributed by atoms with Crippen LogP contribution in [0.1, 0.15) is 46.0 Å². The molecule has 1 N–H and O–H groups in total. The van der Waals surface area contributed by atoms with Crippen LogP contribution in [-0.4, -0.2) is 37.1 Å². The topological polar surface area (TPSA) is 15.3 Å². The molecular formula is C14H28N2. The Hall–Kier alpha value is -0.0800. The number of piperidine rings is 1. The van der Waals surface area contributed by atoms with Gasteiger partial charge in [0.1, 0.15) is 0 Å². The Bertz CT molecular complexity index is 209. The van der Waals surface area contributed by atoms with Crippen LogP contribution in [0, 0.1) is 11.8 Å². The van der Waals surface area contributed by atoms with E-state index < -0.39 is 0 Å². The predicted molar refractivity (Wildman–Crippen MR) is 69.6 cm³/mol. The lowest BCUT2D eigenvalue weighted by Gasteiger charge is -2.33. The van der Waals surface area contributed by atoms with Crippen LogP contribution < -0.4 is 5.32 Å². The Morgan fingerprint density at radius 3 is 2.62 bits per heavy atom. The molecule has 2 fully saturated rings. The van der Waals surface area contributed by atoms with Crippen LogP contribution in [0.15, 0.2) is 0 Å². The van der Waals surface area contributed by atoms with E-state index in [0.29, 0.717) is 0 Å². The number of hydrogen-bond acceptors (Lipinski definition) is 2. The standard InChI is InChI=1S/C14H28N2/c1-4-5-13-10-14(13)15-11(2)12-6-8-16(3)9-7-12/h11-15H,4-10H2,1-3H3. The second-order valence-corrected chi connectivity index (χ2v) is 5.99. The number of nitrogens with zero attached hydrogens (tertiary/aromatic N) is 1. The summed E-state index contributed by atoms with van der Waals surface area (Å²) in [6, 6.07) is 1.59. The van der Waals surface area contributed by atoms with Gasteiger partial charge in [-0.25, -0.2) is 0 Å². The van der Waals surface area contributed by atoms with Crippen LogP contribution in [0.25, 0.3) is 0 Å². The first-order chi connectivity index (χ1) is 7.70. The fourth-order valence-corrected chi connectivity index (χ4v) is 3.14. The van der Waals surface area contributed by atoms with E-state index in [1.54, 1.807) is 0 Å². The molecule has 94 valence electrons. The molecule has 0 radical (unpaired) electrons. The quantitative estimate of drug-likeness (QED) is 0.772. The largest absolute Gasteiger partial charge is 0.311 e. The maximum atomic E-state index is 3.85. The zero-order chi connectivity index (χ0) is 11.5. The summed E-state index contributed by atoms with van der Waals surface area (Å²) in [6.07, 6.45) is 6.99. The molecule has 0 amide bonds.